The van der Waals surface area contributed by atoms with Crippen molar-refractivity contribution in [3.8, 4) is 5.75 Å². The summed E-state index contributed by atoms with van der Waals surface area (Å²) in [6.45, 7) is 7.96. The number of ether oxygens (including phenoxy) is 1. The van der Waals surface area contributed by atoms with Crippen LogP contribution in [0.4, 0.5) is 5.69 Å². The Kier molecular flexibility index (Phi) is 6.63. The fourth-order valence-electron chi connectivity index (χ4n) is 3.40. The zero-order valence-electron chi connectivity index (χ0n) is 15.4. The lowest BCUT2D eigenvalue weighted by molar-refractivity contribution is -1.02. The van der Waals surface area contributed by atoms with Crippen LogP contribution >= 0.6 is 0 Å². The monoisotopic (exact) mass is 355 g/mol. The molecule has 1 atom stereocenters. The molecule has 5 heteroatoms. The average molecular weight is 355 g/mol. The van der Waals surface area contributed by atoms with Gasteiger partial charge >= 0.3 is 0 Å². The maximum Gasteiger partial charge on any atom is 0.282 e. The van der Waals surface area contributed by atoms with Crippen LogP contribution < -0.4 is 19.9 Å². The minimum atomic E-state index is -0.0303. The van der Waals surface area contributed by atoms with E-state index in [9.17, 15) is 4.79 Å². The third-order valence-electron chi connectivity index (χ3n) is 5.11. The van der Waals surface area contributed by atoms with E-state index in [1.54, 1.807) is 4.90 Å². The van der Waals surface area contributed by atoms with Gasteiger partial charge in [0.15, 0.2) is 6.04 Å². The number of carbonyl (C=O) groups excluding carboxylic acids is 1. The lowest BCUT2D eigenvalue weighted by atomic mass is 10.2. The van der Waals surface area contributed by atoms with Crippen molar-refractivity contribution in [2.75, 3.05) is 44.6 Å². The zero-order valence-corrected chi connectivity index (χ0v) is 15.4. The van der Waals surface area contributed by atoms with Gasteiger partial charge in [0.2, 0.25) is 0 Å². The highest BCUT2D eigenvalue weighted by Crippen LogP contribution is 2.07. The van der Waals surface area contributed by atoms with Crippen LogP contribution in [-0.4, -0.2) is 51.3 Å². The van der Waals surface area contributed by atoms with Gasteiger partial charge in [0.25, 0.3) is 5.91 Å². The summed E-state index contributed by atoms with van der Waals surface area (Å²) in [5, 5.41) is 3.02. The summed E-state index contributed by atoms with van der Waals surface area (Å²) >= 11 is 0. The van der Waals surface area contributed by atoms with E-state index in [2.05, 4.69) is 5.32 Å². The lowest BCUT2D eigenvalue weighted by Gasteiger charge is -2.32. The molecule has 0 spiro atoms. The second kappa shape index (κ2) is 9.36. The van der Waals surface area contributed by atoms with Gasteiger partial charge in [-0.2, -0.15) is 0 Å². The number of para-hydroxylation sites is 2. The highest BCUT2D eigenvalue weighted by molar-refractivity contribution is 5.93. The number of hydrogen-bond donors (Lipinski definition) is 3. The SMILES string of the molecule is C[C@H](C(=O)Nc1ccccc1)[NH+]1CC[NH+](CCOc2ccccc2)CC1. The van der Waals surface area contributed by atoms with E-state index in [0.29, 0.717) is 0 Å². The van der Waals surface area contributed by atoms with Crippen LogP contribution in [0.1, 0.15) is 6.92 Å². The van der Waals surface area contributed by atoms with Crippen molar-refractivity contribution in [1.29, 1.82) is 0 Å². The number of nitrogens with one attached hydrogen (secondary N) is 3. The predicted molar refractivity (Wildman–Crippen MR) is 103 cm³/mol. The summed E-state index contributed by atoms with van der Waals surface area (Å²) in [6.07, 6.45) is 0. The molecule has 1 aliphatic rings. The second-order valence-electron chi connectivity index (χ2n) is 6.90. The Bertz CT molecular complexity index is 670. The standard InChI is InChI=1S/C21H27N3O2/c1-18(21(25)22-19-8-4-2-5-9-19)24-14-12-23(13-15-24)16-17-26-20-10-6-3-7-11-20/h2-11,18H,12-17H2,1H3,(H,22,25)/p+2/t18-/m1/s1. The molecule has 1 fully saturated rings. The molecule has 2 aromatic rings. The third-order valence-corrected chi connectivity index (χ3v) is 5.11. The molecule has 0 aliphatic carbocycles. The summed E-state index contributed by atoms with van der Waals surface area (Å²) in [6, 6.07) is 19.6. The Morgan fingerprint density at radius 1 is 1.00 bits per heavy atom. The molecule has 5 nitrogen and oxygen atoms in total. The lowest BCUT2D eigenvalue weighted by Crippen LogP contribution is -3.30. The normalized spacial score (nSPS) is 21.0. The molecule has 2 aromatic carbocycles. The van der Waals surface area contributed by atoms with Crippen molar-refractivity contribution < 1.29 is 19.3 Å². The van der Waals surface area contributed by atoms with E-state index in [-0.39, 0.29) is 11.9 Å². The van der Waals surface area contributed by atoms with Gasteiger partial charge < -0.3 is 19.9 Å². The van der Waals surface area contributed by atoms with Gasteiger partial charge in [-0.15, -0.1) is 0 Å². The summed E-state index contributed by atoms with van der Waals surface area (Å²) in [5.74, 6) is 1.03. The molecule has 0 unspecified atom stereocenters. The van der Waals surface area contributed by atoms with Crippen LogP contribution in [0, 0.1) is 0 Å². The molecule has 0 radical (unpaired) electrons. The van der Waals surface area contributed by atoms with E-state index < -0.39 is 0 Å². The van der Waals surface area contributed by atoms with Gasteiger partial charge in [-0.1, -0.05) is 36.4 Å². The highest BCUT2D eigenvalue weighted by Gasteiger charge is 2.30. The summed E-state index contributed by atoms with van der Waals surface area (Å²) in [7, 11) is 0. The van der Waals surface area contributed by atoms with Crippen molar-refractivity contribution in [3.63, 3.8) is 0 Å². The Hall–Kier alpha value is -2.37. The maximum atomic E-state index is 12.5. The van der Waals surface area contributed by atoms with Gasteiger partial charge in [0, 0.05) is 5.69 Å². The summed E-state index contributed by atoms with van der Waals surface area (Å²) < 4.78 is 5.80. The number of hydrogen-bond acceptors (Lipinski definition) is 2. The first-order valence-electron chi connectivity index (χ1n) is 9.44. The minimum Gasteiger partial charge on any atom is -0.488 e. The Morgan fingerprint density at radius 3 is 2.27 bits per heavy atom. The number of amides is 1. The van der Waals surface area contributed by atoms with Gasteiger partial charge in [0.1, 0.15) is 45.1 Å². The Balaban J connectivity index is 1.38. The van der Waals surface area contributed by atoms with Crippen LogP contribution in [0.15, 0.2) is 60.7 Å². The molecule has 3 rings (SSSR count). The number of carbonyl (C=O) groups is 1. The molecule has 0 aromatic heterocycles. The van der Waals surface area contributed by atoms with E-state index in [4.69, 9.17) is 4.74 Å². The van der Waals surface area contributed by atoms with Crippen LogP contribution in [0.3, 0.4) is 0 Å². The molecular formula is C21H29N3O2+2. The number of piperazine rings is 1. The molecule has 1 saturated heterocycles. The van der Waals surface area contributed by atoms with E-state index >= 15 is 0 Å². The maximum absolute atomic E-state index is 12.5. The van der Waals surface area contributed by atoms with Gasteiger partial charge in [0.05, 0.1) is 0 Å². The van der Waals surface area contributed by atoms with Crippen LogP contribution in [0.5, 0.6) is 5.75 Å². The number of benzene rings is 2. The third kappa shape index (κ3) is 5.31. The quantitative estimate of drug-likeness (QED) is 0.648. The molecule has 3 N–H and O–H groups in total. The fourth-order valence-corrected chi connectivity index (χ4v) is 3.40. The van der Waals surface area contributed by atoms with E-state index in [1.165, 1.54) is 4.90 Å². The highest BCUT2D eigenvalue weighted by atomic mass is 16.5. The van der Waals surface area contributed by atoms with Crippen molar-refractivity contribution in [1.82, 2.24) is 0 Å². The average Bonchev–Trinajstić information content (AvgIpc) is 2.69. The largest absolute Gasteiger partial charge is 0.488 e. The van der Waals surface area contributed by atoms with E-state index in [1.807, 2.05) is 67.6 Å². The molecule has 138 valence electrons. The molecule has 1 aliphatic heterocycles. The predicted octanol–water partition coefficient (Wildman–Crippen LogP) is -0.124. The first-order valence-corrected chi connectivity index (χ1v) is 9.44. The minimum absolute atomic E-state index is 0.0303. The van der Waals surface area contributed by atoms with Crippen molar-refractivity contribution in [2.45, 2.75) is 13.0 Å². The van der Waals surface area contributed by atoms with Gasteiger partial charge in [-0.25, -0.2) is 0 Å². The summed E-state index contributed by atoms with van der Waals surface area (Å²) in [5.41, 5.74) is 0.867. The van der Waals surface area contributed by atoms with Crippen LogP contribution in [0.2, 0.25) is 0 Å². The zero-order chi connectivity index (χ0) is 18.2. The first kappa shape index (κ1) is 18.4. The molecular weight excluding hydrogens is 326 g/mol. The fraction of sp³-hybridized carbons (Fsp3) is 0.381. The Labute approximate surface area is 155 Å². The van der Waals surface area contributed by atoms with Crippen molar-refractivity contribution >= 4 is 11.6 Å². The van der Waals surface area contributed by atoms with Gasteiger partial charge in [-0.3, -0.25) is 4.79 Å². The van der Waals surface area contributed by atoms with Gasteiger partial charge in [-0.05, 0) is 31.2 Å². The Morgan fingerprint density at radius 2 is 1.62 bits per heavy atom. The van der Waals surface area contributed by atoms with Crippen molar-refractivity contribution in [3.05, 3.63) is 60.7 Å². The molecule has 0 bridgehead atoms. The van der Waals surface area contributed by atoms with Crippen LogP contribution in [-0.2, 0) is 4.79 Å². The van der Waals surface area contributed by atoms with Crippen molar-refractivity contribution in [2.24, 2.45) is 0 Å². The molecule has 26 heavy (non-hydrogen) atoms. The summed E-state index contributed by atoms with van der Waals surface area (Å²) in [4.78, 5) is 15.4. The van der Waals surface area contributed by atoms with Crippen LogP contribution in [0.25, 0.3) is 0 Å². The number of anilines is 1. The number of rotatable bonds is 7. The molecule has 1 amide bonds. The van der Waals surface area contributed by atoms with E-state index in [0.717, 1.165) is 50.8 Å². The second-order valence-corrected chi connectivity index (χ2v) is 6.90. The smallest absolute Gasteiger partial charge is 0.282 e. The number of quaternary nitrogens is 2. The molecule has 1 heterocycles. The first-order chi connectivity index (χ1) is 12.7. The topological polar surface area (TPSA) is 47.2 Å². The molecule has 0 saturated carbocycles.